The minimum absolute atomic E-state index is 0.166. The third-order valence-electron chi connectivity index (χ3n) is 4.58. The molecule has 0 aliphatic carbocycles. The normalized spacial score (nSPS) is 12.9. The number of hydrogen-bond acceptors (Lipinski definition) is 3. The van der Waals surface area contributed by atoms with Crippen molar-refractivity contribution in [2.75, 3.05) is 20.2 Å². The number of benzene rings is 1. The average molecular weight is 386 g/mol. The van der Waals surface area contributed by atoms with E-state index in [-0.39, 0.29) is 6.04 Å². The van der Waals surface area contributed by atoms with Gasteiger partial charge < -0.3 is 19.9 Å². The summed E-state index contributed by atoms with van der Waals surface area (Å²) in [5, 5.41) is 6.85. The first-order valence-corrected chi connectivity index (χ1v) is 10.2. The lowest BCUT2D eigenvalue weighted by Crippen LogP contribution is -2.39. The molecule has 0 spiro atoms. The topological polar surface area (TPSA) is 63.5 Å². The molecule has 0 aliphatic heterocycles. The highest BCUT2D eigenvalue weighted by molar-refractivity contribution is 5.80. The number of ether oxygens (including phenoxy) is 1. The van der Waals surface area contributed by atoms with Gasteiger partial charge in [-0.15, -0.1) is 0 Å². The van der Waals surface area contributed by atoms with Gasteiger partial charge in [0.05, 0.1) is 12.6 Å². The van der Waals surface area contributed by atoms with Crippen molar-refractivity contribution >= 4 is 5.96 Å². The molecule has 2 N–H and O–H groups in total. The highest BCUT2D eigenvalue weighted by Gasteiger charge is 2.08. The van der Waals surface area contributed by atoms with Gasteiger partial charge in [0, 0.05) is 32.5 Å². The molecule has 1 atom stereocenters. The fourth-order valence-electron chi connectivity index (χ4n) is 2.85. The predicted octanol–water partition coefficient (Wildman–Crippen LogP) is 3.93. The molecule has 2 rings (SSSR count). The summed E-state index contributed by atoms with van der Waals surface area (Å²) in [6.07, 6.45) is 6.07. The van der Waals surface area contributed by atoms with Gasteiger partial charge in [0.1, 0.15) is 11.6 Å². The summed E-state index contributed by atoms with van der Waals surface area (Å²) >= 11 is 0. The predicted molar refractivity (Wildman–Crippen MR) is 116 cm³/mol. The molecule has 1 aromatic carbocycles. The molecule has 0 bridgehead atoms. The lowest BCUT2D eigenvalue weighted by molar-refractivity contribution is 0.271. The third-order valence-corrected chi connectivity index (χ3v) is 4.58. The summed E-state index contributed by atoms with van der Waals surface area (Å²) in [6, 6.07) is 8.44. The molecule has 0 aliphatic rings. The zero-order valence-corrected chi connectivity index (χ0v) is 17.9. The number of nitrogens with one attached hydrogen (secondary N) is 2. The highest BCUT2D eigenvalue weighted by Crippen LogP contribution is 2.18. The van der Waals surface area contributed by atoms with Crippen molar-refractivity contribution in [3.05, 3.63) is 48.0 Å². The lowest BCUT2D eigenvalue weighted by Gasteiger charge is -2.19. The monoisotopic (exact) mass is 385 g/mol. The Morgan fingerprint density at radius 1 is 1.18 bits per heavy atom. The van der Waals surface area contributed by atoms with Crippen LogP contribution in [0, 0.1) is 12.8 Å². The standard InChI is InChI=1S/C22H35N5O/c1-17(2)16-28-21-10-8-20(9-11-21)18(3)26-22(23-5)25-12-6-7-14-27-15-13-24-19(27)4/h8-11,13,15,17-18H,6-7,12,14,16H2,1-5H3,(H2,23,25,26). The molecule has 1 aromatic heterocycles. The van der Waals surface area contributed by atoms with Gasteiger partial charge in [-0.05, 0) is 50.3 Å². The summed E-state index contributed by atoms with van der Waals surface area (Å²) in [7, 11) is 1.81. The van der Waals surface area contributed by atoms with E-state index in [1.807, 2.05) is 31.5 Å². The molecule has 0 saturated heterocycles. The largest absolute Gasteiger partial charge is 0.493 e. The Morgan fingerprint density at radius 3 is 2.54 bits per heavy atom. The zero-order chi connectivity index (χ0) is 20.4. The minimum atomic E-state index is 0.166. The van der Waals surface area contributed by atoms with Gasteiger partial charge in [0.15, 0.2) is 5.96 Å². The van der Waals surface area contributed by atoms with E-state index < -0.39 is 0 Å². The molecule has 6 nitrogen and oxygen atoms in total. The van der Waals surface area contributed by atoms with Crippen LogP contribution in [-0.4, -0.2) is 35.7 Å². The number of aryl methyl sites for hydroxylation is 2. The quantitative estimate of drug-likeness (QED) is 0.369. The highest BCUT2D eigenvalue weighted by atomic mass is 16.5. The van der Waals surface area contributed by atoms with Crippen molar-refractivity contribution in [1.29, 1.82) is 0 Å². The van der Waals surface area contributed by atoms with E-state index >= 15 is 0 Å². The second-order valence-corrected chi connectivity index (χ2v) is 7.51. The van der Waals surface area contributed by atoms with E-state index in [1.54, 1.807) is 7.05 Å². The van der Waals surface area contributed by atoms with E-state index in [2.05, 4.69) is 58.1 Å². The first-order chi connectivity index (χ1) is 13.5. The van der Waals surface area contributed by atoms with Crippen molar-refractivity contribution in [1.82, 2.24) is 20.2 Å². The van der Waals surface area contributed by atoms with Crippen molar-refractivity contribution in [3.63, 3.8) is 0 Å². The zero-order valence-electron chi connectivity index (χ0n) is 17.9. The fourth-order valence-corrected chi connectivity index (χ4v) is 2.85. The summed E-state index contributed by atoms with van der Waals surface area (Å²) in [5.41, 5.74) is 1.20. The van der Waals surface area contributed by atoms with Crippen molar-refractivity contribution in [3.8, 4) is 5.75 Å². The second-order valence-electron chi connectivity index (χ2n) is 7.51. The fraction of sp³-hybridized carbons (Fsp3) is 0.545. The van der Waals surface area contributed by atoms with E-state index in [0.29, 0.717) is 5.92 Å². The van der Waals surface area contributed by atoms with Crippen LogP contribution in [0.3, 0.4) is 0 Å². The van der Waals surface area contributed by atoms with E-state index in [1.165, 1.54) is 5.56 Å². The molecule has 0 amide bonds. The van der Waals surface area contributed by atoms with Crippen LogP contribution in [-0.2, 0) is 6.54 Å². The van der Waals surface area contributed by atoms with Gasteiger partial charge in [0.25, 0.3) is 0 Å². The second kappa shape index (κ2) is 11.4. The maximum Gasteiger partial charge on any atom is 0.191 e. The molecule has 0 fully saturated rings. The molecule has 2 aromatic rings. The van der Waals surface area contributed by atoms with Crippen LogP contribution in [0.1, 0.15) is 51.0 Å². The van der Waals surface area contributed by atoms with Crippen LogP contribution in [0.15, 0.2) is 41.7 Å². The van der Waals surface area contributed by atoms with Crippen molar-refractivity contribution in [2.24, 2.45) is 10.9 Å². The minimum Gasteiger partial charge on any atom is -0.493 e. The molecule has 154 valence electrons. The molecule has 1 unspecified atom stereocenters. The number of hydrogen-bond donors (Lipinski definition) is 2. The first-order valence-electron chi connectivity index (χ1n) is 10.2. The number of guanidine groups is 1. The van der Waals surface area contributed by atoms with Gasteiger partial charge in [-0.25, -0.2) is 4.98 Å². The van der Waals surface area contributed by atoms with Gasteiger partial charge in [-0.3, -0.25) is 4.99 Å². The van der Waals surface area contributed by atoms with E-state index in [9.17, 15) is 0 Å². The van der Waals surface area contributed by atoms with Crippen molar-refractivity contribution < 1.29 is 4.74 Å². The molecule has 28 heavy (non-hydrogen) atoms. The number of aromatic nitrogens is 2. The number of unbranched alkanes of at least 4 members (excludes halogenated alkanes) is 1. The molecular formula is C22H35N5O. The van der Waals surface area contributed by atoms with E-state index in [0.717, 1.165) is 50.1 Å². The Hall–Kier alpha value is -2.50. The van der Waals surface area contributed by atoms with Crippen molar-refractivity contribution in [2.45, 2.75) is 53.1 Å². The number of imidazole rings is 1. The number of aliphatic imine (C=N–C) groups is 1. The maximum absolute atomic E-state index is 5.75. The van der Waals surface area contributed by atoms with Gasteiger partial charge >= 0.3 is 0 Å². The van der Waals surface area contributed by atoms with Gasteiger partial charge in [-0.1, -0.05) is 26.0 Å². The Kier molecular flexibility index (Phi) is 8.85. The van der Waals surface area contributed by atoms with Crippen LogP contribution in [0.5, 0.6) is 5.75 Å². The first kappa shape index (κ1) is 21.8. The molecular weight excluding hydrogens is 350 g/mol. The van der Waals surface area contributed by atoms with Crippen LogP contribution in [0.2, 0.25) is 0 Å². The molecule has 6 heteroatoms. The number of nitrogens with zero attached hydrogens (tertiary/aromatic N) is 3. The number of rotatable bonds is 10. The Morgan fingerprint density at radius 2 is 1.93 bits per heavy atom. The van der Waals surface area contributed by atoms with Gasteiger partial charge in [-0.2, -0.15) is 0 Å². The lowest BCUT2D eigenvalue weighted by atomic mass is 10.1. The van der Waals surface area contributed by atoms with Crippen LogP contribution in [0.25, 0.3) is 0 Å². The Labute approximate surface area is 169 Å². The van der Waals surface area contributed by atoms with E-state index in [4.69, 9.17) is 4.74 Å². The van der Waals surface area contributed by atoms with Gasteiger partial charge in [0.2, 0.25) is 0 Å². The maximum atomic E-state index is 5.75. The third kappa shape index (κ3) is 7.25. The summed E-state index contributed by atoms with van der Waals surface area (Å²) in [5.74, 6) is 3.34. The smallest absolute Gasteiger partial charge is 0.191 e. The average Bonchev–Trinajstić information content (AvgIpc) is 3.10. The summed E-state index contributed by atoms with van der Waals surface area (Å²) in [4.78, 5) is 8.59. The summed E-state index contributed by atoms with van der Waals surface area (Å²) < 4.78 is 7.94. The van der Waals surface area contributed by atoms with Crippen LogP contribution < -0.4 is 15.4 Å². The molecule has 0 radical (unpaired) electrons. The molecule has 1 heterocycles. The van der Waals surface area contributed by atoms with Crippen LogP contribution in [0.4, 0.5) is 0 Å². The summed E-state index contributed by atoms with van der Waals surface area (Å²) in [6.45, 7) is 11.1. The Balaban J connectivity index is 1.71. The SMILES string of the molecule is CN=C(NCCCCn1ccnc1C)NC(C)c1ccc(OCC(C)C)cc1. The molecule has 0 saturated carbocycles. The van der Waals surface area contributed by atoms with Crippen LogP contribution >= 0.6 is 0 Å². The Bertz CT molecular complexity index is 721.